The number of rotatable bonds is 2. The maximum absolute atomic E-state index is 11.4. The van der Waals surface area contributed by atoms with Crippen molar-refractivity contribution in [1.29, 1.82) is 0 Å². The summed E-state index contributed by atoms with van der Waals surface area (Å²) in [6.07, 6.45) is 10.1. The second-order valence-corrected chi connectivity index (χ2v) is 3.37. The van der Waals surface area contributed by atoms with Gasteiger partial charge >= 0.3 is 6.09 Å². The highest BCUT2D eigenvalue weighted by atomic mass is 16.6. The molecule has 0 spiro atoms. The third kappa shape index (κ3) is 2.45. The van der Waals surface area contributed by atoms with Crippen molar-refractivity contribution >= 4 is 12.3 Å². The van der Waals surface area contributed by atoms with Crippen LogP contribution in [0.25, 0.3) is 0 Å². The summed E-state index contributed by atoms with van der Waals surface area (Å²) in [6, 6.07) is 0. The van der Waals surface area contributed by atoms with Gasteiger partial charge in [-0.25, -0.2) is 4.79 Å². The zero-order valence-electron chi connectivity index (χ0n) is 7.80. The van der Waals surface area contributed by atoms with Crippen LogP contribution in [0, 0.1) is 5.92 Å². The molecule has 0 unspecified atom stereocenters. The van der Waals surface area contributed by atoms with Gasteiger partial charge in [-0.3, -0.25) is 9.89 Å². The van der Waals surface area contributed by atoms with Crippen molar-refractivity contribution in [3.05, 3.63) is 24.7 Å². The number of nitrogens with zero attached hydrogens (tertiary/aromatic N) is 2. The normalized spacial score (nSPS) is 19.6. The van der Waals surface area contributed by atoms with Crippen LogP contribution in [-0.4, -0.2) is 23.8 Å². The van der Waals surface area contributed by atoms with Crippen LogP contribution in [0.4, 0.5) is 4.79 Å². The fourth-order valence-electron chi connectivity index (χ4n) is 1.06. The number of amides is 1. The van der Waals surface area contributed by atoms with Gasteiger partial charge < -0.3 is 4.74 Å². The highest BCUT2D eigenvalue weighted by Crippen LogP contribution is 2.28. The van der Waals surface area contributed by atoms with Crippen LogP contribution in [0.3, 0.4) is 0 Å². The van der Waals surface area contributed by atoms with Gasteiger partial charge in [-0.2, -0.15) is 0 Å². The Morgan fingerprint density at radius 2 is 2.36 bits per heavy atom. The van der Waals surface area contributed by atoms with Crippen LogP contribution in [0.1, 0.15) is 12.8 Å². The molecule has 0 aromatic rings. The molecule has 1 fully saturated rings. The third-order valence-corrected chi connectivity index (χ3v) is 2.08. The van der Waals surface area contributed by atoms with E-state index in [2.05, 4.69) is 4.99 Å². The van der Waals surface area contributed by atoms with Crippen LogP contribution in [0.5, 0.6) is 0 Å². The van der Waals surface area contributed by atoms with E-state index in [-0.39, 0.29) is 6.09 Å². The summed E-state index contributed by atoms with van der Waals surface area (Å²) in [5.74, 6) is 0.593. The van der Waals surface area contributed by atoms with Crippen molar-refractivity contribution in [1.82, 2.24) is 4.90 Å². The molecule has 2 rings (SSSR count). The SMILES string of the molecule is O=C(OCC1CC1)N1C=CC=NC=C1. The van der Waals surface area contributed by atoms with E-state index in [0.29, 0.717) is 12.5 Å². The lowest BCUT2D eigenvalue weighted by Crippen LogP contribution is -2.21. The average molecular weight is 192 g/mol. The summed E-state index contributed by atoms with van der Waals surface area (Å²) in [7, 11) is 0. The second kappa shape index (κ2) is 4.09. The summed E-state index contributed by atoms with van der Waals surface area (Å²) in [6.45, 7) is 0.540. The van der Waals surface area contributed by atoms with Gasteiger partial charge in [-0.05, 0) is 24.8 Å². The zero-order valence-corrected chi connectivity index (χ0v) is 7.80. The third-order valence-electron chi connectivity index (χ3n) is 2.08. The van der Waals surface area contributed by atoms with E-state index >= 15 is 0 Å². The average Bonchev–Trinajstić information content (AvgIpc) is 3.01. The number of hydrogen-bond acceptors (Lipinski definition) is 3. The van der Waals surface area contributed by atoms with Gasteiger partial charge in [0.2, 0.25) is 0 Å². The lowest BCUT2D eigenvalue weighted by atomic mass is 10.5. The Morgan fingerprint density at radius 3 is 3.14 bits per heavy atom. The minimum absolute atomic E-state index is 0.338. The highest BCUT2D eigenvalue weighted by Gasteiger charge is 2.23. The molecule has 4 nitrogen and oxygen atoms in total. The van der Waals surface area contributed by atoms with Crippen molar-refractivity contribution in [3.8, 4) is 0 Å². The van der Waals surface area contributed by atoms with Crippen molar-refractivity contribution in [3.63, 3.8) is 0 Å². The molecule has 0 aromatic heterocycles. The van der Waals surface area contributed by atoms with E-state index in [1.165, 1.54) is 17.7 Å². The fraction of sp³-hybridized carbons (Fsp3) is 0.400. The first-order valence-electron chi connectivity index (χ1n) is 4.68. The van der Waals surface area contributed by atoms with Gasteiger partial charge in [0.05, 0.1) is 6.61 Å². The van der Waals surface area contributed by atoms with Gasteiger partial charge in [-0.15, -0.1) is 0 Å². The zero-order chi connectivity index (χ0) is 9.80. The smallest absolute Gasteiger partial charge is 0.418 e. The summed E-state index contributed by atoms with van der Waals surface area (Å²) in [5, 5.41) is 0. The Hall–Kier alpha value is -1.58. The molecule has 4 heteroatoms. The molecular formula is C10H12N2O2. The lowest BCUT2D eigenvalue weighted by molar-refractivity contribution is 0.123. The van der Waals surface area contributed by atoms with Gasteiger partial charge in [0.1, 0.15) is 0 Å². The van der Waals surface area contributed by atoms with Crippen LogP contribution in [-0.2, 0) is 4.74 Å². The monoisotopic (exact) mass is 192 g/mol. The predicted octanol–water partition coefficient (Wildman–Crippen LogP) is 1.90. The molecule has 2 aliphatic rings. The summed E-state index contributed by atoms with van der Waals surface area (Å²) < 4.78 is 5.09. The maximum Gasteiger partial charge on any atom is 0.418 e. The minimum atomic E-state index is -0.338. The topological polar surface area (TPSA) is 41.9 Å². The van der Waals surface area contributed by atoms with Gasteiger partial charge in [0.25, 0.3) is 0 Å². The lowest BCUT2D eigenvalue weighted by Gasteiger charge is -2.12. The van der Waals surface area contributed by atoms with Gasteiger partial charge in [0, 0.05) is 24.8 Å². The number of aliphatic imine (C=N–C) groups is 1. The summed E-state index contributed by atoms with van der Waals surface area (Å²) >= 11 is 0. The summed E-state index contributed by atoms with van der Waals surface area (Å²) in [5.41, 5.74) is 0. The molecule has 0 radical (unpaired) electrons. The van der Waals surface area contributed by atoms with Crippen molar-refractivity contribution in [2.75, 3.05) is 6.61 Å². The standard InChI is InChI=1S/C10H12N2O2/c13-10(14-8-9-2-3-9)12-6-1-4-11-5-7-12/h1,4-7,9H,2-3,8H2. The number of hydrogen-bond donors (Lipinski definition) is 0. The molecule has 0 aromatic carbocycles. The van der Waals surface area contributed by atoms with E-state index < -0.39 is 0 Å². The minimum Gasteiger partial charge on any atom is -0.449 e. The van der Waals surface area contributed by atoms with Gasteiger partial charge in [0.15, 0.2) is 0 Å². The molecular weight excluding hydrogens is 180 g/mol. The number of carbonyl (C=O) groups excluding carboxylic acids is 1. The van der Waals surface area contributed by atoms with E-state index in [1.807, 2.05) is 0 Å². The van der Waals surface area contributed by atoms with E-state index in [4.69, 9.17) is 4.74 Å². The Morgan fingerprint density at radius 1 is 1.50 bits per heavy atom. The first-order chi connectivity index (χ1) is 6.86. The molecule has 1 aliphatic carbocycles. The van der Waals surface area contributed by atoms with E-state index in [1.54, 1.807) is 30.9 Å². The Balaban J connectivity index is 1.83. The first kappa shape index (κ1) is 8.99. The fourth-order valence-corrected chi connectivity index (χ4v) is 1.06. The van der Waals surface area contributed by atoms with E-state index in [0.717, 1.165) is 0 Å². The highest BCUT2D eigenvalue weighted by molar-refractivity contribution is 5.76. The Kier molecular flexibility index (Phi) is 2.62. The molecule has 74 valence electrons. The second-order valence-electron chi connectivity index (χ2n) is 3.37. The maximum atomic E-state index is 11.4. The van der Waals surface area contributed by atoms with Crippen LogP contribution >= 0.6 is 0 Å². The number of allylic oxidation sites excluding steroid dienone is 1. The molecule has 0 atom stereocenters. The van der Waals surface area contributed by atoms with Crippen LogP contribution in [0.15, 0.2) is 29.7 Å². The molecule has 1 amide bonds. The molecule has 1 saturated carbocycles. The molecule has 0 bridgehead atoms. The van der Waals surface area contributed by atoms with Crippen LogP contribution in [0.2, 0.25) is 0 Å². The molecule has 0 saturated heterocycles. The Bertz CT molecular complexity index is 287. The summed E-state index contributed by atoms with van der Waals surface area (Å²) in [4.78, 5) is 16.7. The number of ether oxygens (including phenoxy) is 1. The molecule has 0 N–H and O–H groups in total. The quantitative estimate of drug-likeness (QED) is 0.670. The van der Waals surface area contributed by atoms with Crippen molar-refractivity contribution in [2.24, 2.45) is 10.9 Å². The first-order valence-corrected chi connectivity index (χ1v) is 4.68. The van der Waals surface area contributed by atoms with Crippen molar-refractivity contribution in [2.45, 2.75) is 12.8 Å². The predicted molar refractivity (Wildman–Crippen MR) is 52.7 cm³/mol. The van der Waals surface area contributed by atoms with Crippen molar-refractivity contribution < 1.29 is 9.53 Å². The van der Waals surface area contributed by atoms with Gasteiger partial charge in [-0.1, -0.05) is 0 Å². The number of carbonyl (C=O) groups is 1. The molecule has 14 heavy (non-hydrogen) atoms. The molecule has 1 aliphatic heterocycles. The largest absolute Gasteiger partial charge is 0.449 e. The van der Waals surface area contributed by atoms with E-state index in [9.17, 15) is 4.79 Å². The Labute approximate surface area is 82.6 Å². The molecule has 1 heterocycles. The van der Waals surface area contributed by atoms with Crippen LogP contribution < -0.4 is 0 Å².